The first kappa shape index (κ1) is 24.6. The molecule has 2 bridgehead atoms. The minimum Gasteiger partial charge on any atom is -0.494 e. The van der Waals surface area contributed by atoms with Crippen molar-refractivity contribution in [3.8, 4) is 18.6 Å². The number of nitrogens with zero attached hydrogens (tertiary/aromatic N) is 1. The lowest BCUT2D eigenvalue weighted by Gasteiger charge is -2.22. The Labute approximate surface area is 187 Å². The fraction of sp³-hybridized carbons (Fsp3) is 0.348. The number of rotatable bonds is 5. The van der Waals surface area contributed by atoms with E-state index in [1.54, 1.807) is 12.1 Å². The van der Waals surface area contributed by atoms with Gasteiger partial charge in [-0.1, -0.05) is 6.07 Å². The van der Waals surface area contributed by atoms with Gasteiger partial charge in [-0.3, -0.25) is 5.32 Å². The second kappa shape index (κ2) is 12.3. The number of fused-ring (bicyclic) bond motifs is 2. The third-order valence-electron chi connectivity index (χ3n) is 4.75. The number of nitrogens with one attached hydrogen (secondary N) is 4. The molecule has 2 heterocycles. The minimum atomic E-state index is -0.549. The van der Waals surface area contributed by atoms with Crippen LogP contribution in [0.25, 0.3) is 0 Å². The average molecular weight is 442 g/mol. The van der Waals surface area contributed by atoms with E-state index in [0.29, 0.717) is 42.9 Å². The standard InChI is InChI=1S/C21H26FN5O3.C2H2/c1-3-24-20-14(11-23)10-19-25-16(20)5-4-8-30-12-17(26-21(28)27-19)13-6-7-18(29-2)15(22)9-13;1-2/h6-7,9-11,17,23-24H,3-5,8,12H2,1-2H3,(H2,25,26,27,28);1-2H/t17-;/m1./s1. The lowest BCUT2D eigenvalue weighted by molar-refractivity contribution is 0.111. The topological polar surface area (TPSA) is 108 Å². The van der Waals surface area contributed by atoms with Crippen LogP contribution in [0.1, 0.15) is 36.2 Å². The number of amides is 2. The number of carbonyl (C=O) groups is 1. The van der Waals surface area contributed by atoms with Crippen molar-refractivity contribution in [2.45, 2.75) is 25.8 Å². The van der Waals surface area contributed by atoms with E-state index in [4.69, 9.17) is 14.9 Å². The molecule has 1 aromatic carbocycles. The third-order valence-corrected chi connectivity index (χ3v) is 4.75. The summed E-state index contributed by atoms with van der Waals surface area (Å²) in [7, 11) is 1.40. The summed E-state index contributed by atoms with van der Waals surface area (Å²) in [4.78, 5) is 17.1. The zero-order valence-electron chi connectivity index (χ0n) is 18.2. The zero-order chi connectivity index (χ0) is 23.5. The van der Waals surface area contributed by atoms with Crippen molar-refractivity contribution < 1.29 is 18.7 Å². The van der Waals surface area contributed by atoms with Gasteiger partial charge in [0.15, 0.2) is 11.6 Å². The second-order valence-electron chi connectivity index (χ2n) is 6.82. The summed E-state index contributed by atoms with van der Waals surface area (Å²) in [5.41, 5.74) is 2.77. The van der Waals surface area contributed by atoms with Gasteiger partial charge in [-0.15, -0.1) is 12.8 Å². The molecule has 0 saturated carbocycles. The smallest absolute Gasteiger partial charge is 0.320 e. The quantitative estimate of drug-likeness (QED) is 0.418. The number of methoxy groups -OCH3 is 1. The van der Waals surface area contributed by atoms with E-state index in [-0.39, 0.29) is 12.4 Å². The van der Waals surface area contributed by atoms with Gasteiger partial charge in [0.05, 0.1) is 31.1 Å². The number of halogens is 1. The fourth-order valence-corrected chi connectivity index (χ4v) is 3.33. The Balaban J connectivity index is 0.00000176. The van der Waals surface area contributed by atoms with Crippen LogP contribution in [0.2, 0.25) is 0 Å². The molecule has 1 atom stereocenters. The maximum atomic E-state index is 14.1. The molecule has 0 radical (unpaired) electrons. The Hall–Kier alpha value is -3.64. The van der Waals surface area contributed by atoms with Gasteiger partial charge in [0, 0.05) is 24.9 Å². The highest BCUT2D eigenvalue weighted by molar-refractivity contribution is 5.92. The number of aromatic nitrogens is 1. The van der Waals surface area contributed by atoms with E-state index >= 15 is 0 Å². The van der Waals surface area contributed by atoms with Gasteiger partial charge >= 0.3 is 6.03 Å². The molecule has 0 aliphatic carbocycles. The van der Waals surface area contributed by atoms with Gasteiger partial charge in [0.25, 0.3) is 0 Å². The maximum absolute atomic E-state index is 14.1. The molecule has 2 amide bonds. The molecule has 9 heteroatoms. The molecular formula is C23H28FN5O3. The number of hydrogen-bond acceptors (Lipinski definition) is 6. The normalized spacial score (nSPS) is 16.0. The molecule has 0 spiro atoms. The molecule has 4 N–H and O–H groups in total. The Kier molecular flexibility index (Phi) is 9.44. The number of ether oxygens (including phenoxy) is 2. The molecule has 1 aliphatic heterocycles. The largest absolute Gasteiger partial charge is 0.494 e. The van der Waals surface area contributed by atoms with Gasteiger partial charge in [-0.25, -0.2) is 14.2 Å². The van der Waals surface area contributed by atoms with Gasteiger partial charge in [0.1, 0.15) is 5.82 Å². The summed E-state index contributed by atoms with van der Waals surface area (Å²) in [5.74, 6) is -0.0259. The summed E-state index contributed by atoms with van der Waals surface area (Å²) in [6.45, 7) is 3.32. The molecular weight excluding hydrogens is 413 g/mol. The van der Waals surface area contributed by atoms with Crippen LogP contribution in [-0.2, 0) is 11.2 Å². The van der Waals surface area contributed by atoms with E-state index in [1.807, 2.05) is 6.92 Å². The molecule has 1 aliphatic rings. The number of benzene rings is 1. The van der Waals surface area contributed by atoms with E-state index in [2.05, 4.69) is 33.8 Å². The number of terminal acetylenes is 1. The van der Waals surface area contributed by atoms with Gasteiger partial charge in [0.2, 0.25) is 0 Å². The van der Waals surface area contributed by atoms with Crippen LogP contribution < -0.4 is 20.7 Å². The summed E-state index contributed by atoms with van der Waals surface area (Å²) in [5, 5.41) is 16.5. The third kappa shape index (κ3) is 6.18. The highest BCUT2D eigenvalue weighted by atomic mass is 19.1. The first-order valence-electron chi connectivity index (χ1n) is 10.2. The summed E-state index contributed by atoms with van der Waals surface area (Å²) in [6.07, 6.45) is 10.6. The van der Waals surface area contributed by atoms with Crippen molar-refractivity contribution in [1.29, 1.82) is 5.41 Å². The molecule has 32 heavy (non-hydrogen) atoms. The molecule has 2 aromatic rings. The molecule has 0 unspecified atom stereocenters. The van der Waals surface area contributed by atoms with Crippen molar-refractivity contribution >= 4 is 23.8 Å². The lowest BCUT2D eigenvalue weighted by atomic mass is 10.1. The Morgan fingerprint density at radius 3 is 2.84 bits per heavy atom. The van der Waals surface area contributed by atoms with E-state index in [0.717, 1.165) is 11.4 Å². The highest BCUT2D eigenvalue weighted by Gasteiger charge is 2.19. The molecule has 0 fully saturated rings. The second-order valence-corrected chi connectivity index (χ2v) is 6.82. The zero-order valence-corrected chi connectivity index (χ0v) is 18.2. The van der Waals surface area contributed by atoms with Crippen molar-refractivity contribution in [1.82, 2.24) is 10.3 Å². The SMILES string of the molecule is C#C.CCNc1c(C=N)cc2nc1CCCOC[C@H](c1ccc(OC)c(F)c1)NC(=O)N2. The van der Waals surface area contributed by atoms with Crippen molar-refractivity contribution in [2.24, 2.45) is 0 Å². The van der Waals surface area contributed by atoms with Crippen LogP contribution in [0.4, 0.5) is 20.7 Å². The summed E-state index contributed by atoms with van der Waals surface area (Å²) in [6, 6.07) is 5.14. The number of anilines is 2. The molecule has 170 valence electrons. The van der Waals surface area contributed by atoms with Crippen molar-refractivity contribution in [3.63, 3.8) is 0 Å². The van der Waals surface area contributed by atoms with E-state index in [1.165, 1.54) is 25.5 Å². The summed E-state index contributed by atoms with van der Waals surface area (Å²) < 4.78 is 24.9. The highest BCUT2D eigenvalue weighted by Crippen LogP contribution is 2.25. The predicted molar refractivity (Wildman–Crippen MR) is 123 cm³/mol. The predicted octanol–water partition coefficient (Wildman–Crippen LogP) is 3.73. The van der Waals surface area contributed by atoms with Crippen LogP contribution in [0.3, 0.4) is 0 Å². The Morgan fingerprint density at radius 1 is 1.41 bits per heavy atom. The number of aryl methyl sites for hydroxylation is 1. The van der Waals surface area contributed by atoms with Crippen LogP contribution >= 0.6 is 0 Å². The lowest BCUT2D eigenvalue weighted by Crippen LogP contribution is -2.35. The minimum absolute atomic E-state index is 0.133. The van der Waals surface area contributed by atoms with Crippen LogP contribution in [0.15, 0.2) is 24.3 Å². The van der Waals surface area contributed by atoms with E-state index < -0.39 is 17.9 Å². The molecule has 8 nitrogen and oxygen atoms in total. The van der Waals surface area contributed by atoms with Crippen molar-refractivity contribution in [2.75, 3.05) is 37.5 Å². The van der Waals surface area contributed by atoms with Crippen LogP contribution in [0, 0.1) is 24.1 Å². The van der Waals surface area contributed by atoms with Crippen molar-refractivity contribution in [3.05, 3.63) is 46.9 Å². The number of carbonyl (C=O) groups excluding carboxylic acids is 1. The Bertz CT molecular complexity index is 964. The number of pyridine rings is 1. The van der Waals surface area contributed by atoms with Crippen LogP contribution in [0.5, 0.6) is 5.75 Å². The molecule has 1 aromatic heterocycles. The first-order valence-corrected chi connectivity index (χ1v) is 10.2. The molecule has 3 rings (SSSR count). The number of urea groups is 1. The van der Waals surface area contributed by atoms with Gasteiger partial charge in [-0.2, -0.15) is 0 Å². The number of hydrogen-bond donors (Lipinski definition) is 4. The maximum Gasteiger partial charge on any atom is 0.320 e. The summed E-state index contributed by atoms with van der Waals surface area (Å²) >= 11 is 0. The van der Waals surface area contributed by atoms with E-state index in [9.17, 15) is 9.18 Å². The van der Waals surface area contributed by atoms with Crippen LogP contribution in [-0.4, -0.2) is 44.1 Å². The fourth-order valence-electron chi connectivity index (χ4n) is 3.33. The Morgan fingerprint density at radius 2 is 2.19 bits per heavy atom. The average Bonchev–Trinajstić information content (AvgIpc) is 2.79. The monoisotopic (exact) mass is 441 g/mol. The molecule has 0 saturated heterocycles. The first-order chi connectivity index (χ1) is 15.5. The van der Waals surface area contributed by atoms with Gasteiger partial charge in [-0.05, 0) is 43.5 Å². The van der Waals surface area contributed by atoms with Gasteiger partial charge < -0.3 is 25.5 Å².